The number of hydrogen-bond acceptors (Lipinski definition) is 2. The van der Waals surface area contributed by atoms with E-state index in [0.717, 1.165) is 23.1 Å². The van der Waals surface area contributed by atoms with Gasteiger partial charge in [0.15, 0.2) is 0 Å². The van der Waals surface area contributed by atoms with Gasteiger partial charge in [-0.2, -0.15) is 0 Å². The van der Waals surface area contributed by atoms with Gasteiger partial charge in [-0.3, -0.25) is 0 Å². The number of benzene rings is 1. The second-order valence-corrected chi connectivity index (χ2v) is 7.50. The smallest absolute Gasteiger partial charge is 0.124 e. The maximum Gasteiger partial charge on any atom is 0.124 e. The molecule has 1 nitrogen and oxygen atoms in total. The fourth-order valence-electron chi connectivity index (χ4n) is 4.16. The zero-order valence-corrected chi connectivity index (χ0v) is 13.1. The Bertz CT molecular complexity index is 715. The summed E-state index contributed by atoms with van der Waals surface area (Å²) < 4.78 is 14.5. The summed E-state index contributed by atoms with van der Waals surface area (Å²) in [6.07, 6.45) is 5.30. The van der Waals surface area contributed by atoms with E-state index >= 15 is 0 Å². The van der Waals surface area contributed by atoms with Gasteiger partial charge < -0.3 is 5.32 Å². The van der Waals surface area contributed by atoms with E-state index in [1.807, 2.05) is 13.1 Å². The van der Waals surface area contributed by atoms with Crippen LogP contribution >= 0.6 is 11.3 Å². The first-order chi connectivity index (χ1) is 10.2. The molecular weight excluding hydrogens is 281 g/mol. The van der Waals surface area contributed by atoms with Crippen LogP contribution in [0.15, 0.2) is 29.8 Å². The van der Waals surface area contributed by atoms with E-state index in [0.29, 0.717) is 0 Å². The van der Waals surface area contributed by atoms with Crippen molar-refractivity contribution in [2.24, 2.45) is 11.8 Å². The summed E-state index contributed by atoms with van der Waals surface area (Å²) >= 11 is 1.76. The number of likely N-dealkylation sites (N-methyl/N-ethyl adjacent to an activating group) is 1. The van der Waals surface area contributed by atoms with Gasteiger partial charge in [0.25, 0.3) is 0 Å². The average molecular weight is 301 g/mol. The van der Waals surface area contributed by atoms with Crippen LogP contribution in [0.2, 0.25) is 0 Å². The van der Waals surface area contributed by atoms with Crippen molar-refractivity contribution < 1.29 is 4.39 Å². The van der Waals surface area contributed by atoms with E-state index in [9.17, 15) is 4.39 Å². The quantitative estimate of drug-likeness (QED) is 0.856. The lowest BCUT2D eigenvalue weighted by Crippen LogP contribution is -2.18. The molecule has 1 saturated carbocycles. The Balaban J connectivity index is 1.83. The minimum Gasteiger partial charge on any atom is -0.316 e. The van der Waals surface area contributed by atoms with Gasteiger partial charge in [0.2, 0.25) is 0 Å². The third-order valence-corrected chi connectivity index (χ3v) is 6.13. The largest absolute Gasteiger partial charge is 0.316 e. The Morgan fingerprint density at radius 3 is 3.05 bits per heavy atom. The fraction of sp³-hybridized carbons (Fsp3) is 0.444. The number of halogens is 1. The number of fused-ring (bicyclic) bond motifs is 3. The van der Waals surface area contributed by atoms with E-state index < -0.39 is 0 Å². The predicted molar refractivity (Wildman–Crippen MR) is 88.1 cm³/mol. The molecule has 1 heterocycles. The van der Waals surface area contributed by atoms with E-state index in [2.05, 4.69) is 11.4 Å². The van der Waals surface area contributed by atoms with Crippen LogP contribution in [0.3, 0.4) is 0 Å². The van der Waals surface area contributed by atoms with Crippen LogP contribution in [0.4, 0.5) is 4.39 Å². The topological polar surface area (TPSA) is 12.0 Å². The molecule has 0 spiro atoms. The lowest BCUT2D eigenvalue weighted by Gasteiger charge is -2.26. The summed E-state index contributed by atoms with van der Waals surface area (Å²) in [5, 5.41) is 4.51. The molecular formula is C18H20FNS. The summed E-state index contributed by atoms with van der Waals surface area (Å²) in [5.41, 5.74) is 3.16. The first-order valence-electron chi connectivity index (χ1n) is 7.80. The van der Waals surface area contributed by atoms with Crippen LogP contribution in [0.25, 0.3) is 15.7 Å². The van der Waals surface area contributed by atoms with Crippen molar-refractivity contribution in [2.45, 2.75) is 25.7 Å². The van der Waals surface area contributed by atoms with Crippen molar-refractivity contribution in [3.63, 3.8) is 0 Å². The van der Waals surface area contributed by atoms with Gasteiger partial charge in [-0.05, 0) is 73.7 Å². The third kappa shape index (κ3) is 2.33. The SMILES string of the molecule is CNCC1=C(c2cc3ccc(F)cc3s2)C2CCC(C1)C2. The molecule has 0 aliphatic heterocycles. The van der Waals surface area contributed by atoms with Gasteiger partial charge in [0, 0.05) is 16.1 Å². The molecule has 2 aliphatic rings. The minimum absolute atomic E-state index is 0.134. The highest BCUT2D eigenvalue weighted by molar-refractivity contribution is 7.20. The molecule has 110 valence electrons. The maximum absolute atomic E-state index is 13.4. The van der Waals surface area contributed by atoms with E-state index in [1.54, 1.807) is 34.6 Å². The van der Waals surface area contributed by atoms with Crippen molar-refractivity contribution in [1.82, 2.24) is 5.32 Å². The second kappa shape index (κ2) is 5.22. The molecule has 0 radical (unpaired) electrons. The molecule has 21 heavy (non-hydrogen) atoms. The van der Waals surface area contributed by atoms with Crippen molar-refractivity contribution >= 4 is 27.0 Å². The Hall–Kier alpha value is -1.19. The molecule has 2 unspecified atom stereocenters. The molecule has 3 heteroatoms. The van der Waals surface area contributed by atoms with Crippen LogP contribution < -0.4 is 5.32 Å². The Labute approximate surface area is 128 Å². The van der Waals surface area contributed by atoms with Gasteiger partial charge in [-0.25, -0.2) is 4.39 Å². The zero-order chi connectivity index (χ0) is 14.4. The molecule has 2 bridgehead atoms. The molecule has 0 saturated heterocycles. The van der Waals surface area contributed by atoms with Crippen LogP contribution in [-0.4, -0.2) is 13.6 Å². The third-order valence-electron chi connectivity index (χ3n) is 5.00. The van der Waals surface area contributed by atoms with Crippen LogP contribution in [0, 0.1) is 17.7 Å². The number of allylic oxidation sites excluding steroid dienone is 1. The van der Waals surface area contributed by atoms with Gasteiger partial charge in [0.05, 0.1) is 0 Å². The highest BCUT2D eigenvalue weighted by Crippen LogP contribution is 2.50. The van der Waals surface area contributed by atoms with Crippen LogP contribution in [0.5, 0.6) is 0 Å². The molecule has 2 atom stereocenters. The average Bonchev–Trinajstić information content (AvgIpc) is 3.03. The second-order valence-electron chi connectivity index (χ2n) is 6.42. The van der Waals surface area contributed by atoms with Crippen LogP contribution in [0.1, 0.15) is 30.6 Å². The molecule has 1 fully saturated rings. The zero-order valence-electron chi connectivity index (χ0n) is 12.3. The summed E-state index contributed by atoms with van der Waals surface area (Å²) in [7, 11) is 2.03. The number of thiophene rings is 1. The Kier molecular flexibility index (Phi) is 3.35. The van der Waals surface area contributed by atoms with Crippen molar-refractivity contribution in [3.05, 3.63) is 40.5 Å². The normalized spacial score (nSPS) is 25.0. The van der Waals surface area contributed by atoms with Crippen LogP contribution in [-0.2, 0) is 0 Å². The lowest BCUT2D eigenvalue weighted by atomic mass is 9.82. The summed E-state index contributed by atoms with van der Waals surface area (Å²) in [5.74, 6) is 1.49. The monoisotopic (exact) mass is 301 g/mol. The fourth-order valence-corrected chi connectivity index (χ4v) is 5.42. The van der Waals surface area contributed by atoms with Gasteiger partial charge in [-0.1, -0.05) is 11.6 Å². The molecule has 1 aromatic carbocycles. The minimum atomic E-state index is -0.134. The highest BCUT2D eigenvalue weighted by atomic mass is 32.1. The van der Waals surface area contributed by atoms with Gasteiger partial charge in [-0.15, -0.1) is 11.3 Å². The van der Waals surface area contributed by atoms with E-state index in [1.165, 1.54) is 35.9 Å². The molecule has 2 aromatic rings. The highest BCUT2D eigenvalue weighted by Gasteiger charge is 2.35. The number of rotatable bonds is 3. The lowest BCUT2D eigenvalue weighted by molar-refractivity contribution is 0.503. The first kappa shape index (κ1) is 13.5. The van der Waals surface area contributed by atoms with Crippen molar-refractivity contribution in [1.29, 1.82) is 0 Å². The maximum atomic E-state index is 13.4. The predicted octanol–water partition coefficient (Wildman–Crippen LogP) is 4.83. The molecule has 4 rings (SSSR count). The Morgan fingerprint density at radius 2 is 2.19 bits per heavy atom. The van der Waals surface area contributed by atoms with Crippen molar-refractivity contribution in [2.75, 3.05) is 13.6 Å². The van der Waals surface area contributed by atoms with E-state index in [4.69, 9.17) is 0 Å². The Morgan fingerprint density at radius 1 is 1.29 bits per heavy atom. The molecule has 1 N–H and O–H groups in total. The van der Waals surface area contributed by atoms with Crippen molar-refractivity contribution in [3.8, 4) is 0 Å². The molecule has 1 aromatic heterocycles. The molecule has 0 amide bonds. The van der Waals surface area contributed by atoms with Gasteiger partial charge >= 0.3 is 0 Å². The summed E-state index contributed by atoms with van der Waals surface area (Å²) in [4.78, 5) is 1.37. The summed E-state index contributed by atoms with van der Waals surface area (Å²) in [6.45, 7) is 0.991. The summed E-state index contributed by atoms with van der Waals surface area (Å²) in [6, 6.07) is 7.41. The molecule has 2 aliphatic carbocycles. The van der Waals surface area contributed by atoms with Gasteiger partial charge in [0.1, 0.15) is 5.82 Å². The standard InChI is InChI=1S/C18H20FNS/c1-20-10-14-7-11-2-3-13(6-11)18(14)17-8-12-4-5-15(19)9-16(12)21-17/h4-5,8-9,11,13,20H,2-3,6-7,10H2,1H3. The number of hydrogen-bond donors (Lipinski definition) is 1. The first-order valence-corrected chi connectivity index (χ1v) is 8.62. The number of nitrogens with one attached hydrogen (secondary N) is 1. The van der Waals surface area contributed by atoms with E-state index in [-0.39, 0.29) is 5.82 Å².